The van der Waals surface area contributed by atoms with Gasteiger partial charge in [-0.1, -0.05) is 179 Å². The molecule has 4 saturated carbocycles. The van der Waals surface area contributed by atoms with Gasteiger partial charge in [0.1, 0.15) is 0 Å². The van der Waals surface area contributed by atoms with Crippen LogP contribution >= 0.6 is 0 Å². The molecule has 0 atom stereocenters. The Balaban J connectivity index is 1.07. The minimum absolute atomic E-state index is 0.143. The molecule has 1 nitrogen and oxygen atoms in total. The second kappa shape index (κ2) is 22.1. The smallest absolute Gasteiger partial charge is 0.164 e. The first-order valence-electron chi connectivity index (χ1n) is 24.4. The first-order valence-corrected chi connectivity index (χ1v) is 24.4. The van der Waals surface area contributed by atoms with Crippen molar-refractivity contribution >= 4 is 0 Å². The van der Waals surface area contributed by atoms with Crippen LogP contribution in [0.5, 0.6) is 0 Å². The third kappa shape index (κ3) is 10.9. The molecule has 0 radical (unpaired) electrons. The highest BCUT2D eigenvalue weighted by atomic mass is 19.2. The SMILES string of the molecule is CCCCCCC[C@H]1CC[C@H](C2(c3ccc(COCc4ccc(C5([C@H]6CC[C@H](CCCCCCC)CC6)CCCCC5)c(F)c4F)c(F)c3F)CCCCC2)CC1. The van der Waals surface area contributed by atoms with E-state index < -0.39 is 23.3 Å². The van der Waals surface area contributed by atoms with Gasteiger partial charge in [0.15, 0.2) is 23.3 Å². The molecule has 0 amide bonds. The van der Waals surface area contributed by atoms with E-state index >= 15 is 17.6 Å². The lowest BCUT2D eigenvalue weighted by molar-refractivity contribution is 0.0995. The Morgan fingerprint density at radius 1 is 0.456 bits per heavy atom. The van der Waals surface area contributed by atoms with Crippen molar-refractivity contribution in [2.45, 2.75) is 231 Å². The first kappa shape index (κ1) is 44.7. The predicted molar refractivity (Wildman–Crippen MR) is 228 cm³/mol. The molecule has 0 aromatic heterocycles. The van der Waals surface area contributed by atoms with Crippen LogP contribution in [0.25, 0.3) is 0 Å². The Morgan fingerprint density at radius 3 is 1.19 bits per heavy atom. The van der Waals surface area contributed by atoms with Crippen molar-refractivity contribution in [3.05, 3.63) is 69.8 Å². The van der Waals surface area contributed by atoms with Gasteiger partial charge in [0.05, 0.1) is 13.2 Å². The summed E-state index contributed by atoms with van der Waals surface area (Å²) in [6.07, 6.45) is 35.3. The molecule has 5 heteroatoms. The van der Waals surface area contributed by atoms with E-state index in [9.17, 15) is 0 Å². The van der Waals surface area contributed by atoms with Crippen molar-refractivity contribution in [2.24, 2.45) is 23.7 Å². The van der Waals surface area contributed by atoms with Gasteiger partial charge >= 0.3 is 0 Å². The van der Waals surface area contributed by atoms with Crippen molar-refractivity contribution in [1.82, 2.24) is 0 Å². The summed E-state index contributed by atoms with van der Waals surface area (Å²) in [5.74, 6) is -0.818. The molecule has 4 fully saturated rings. The average Bonchev–Trinajstić information content (AvgIpc) is 3.24. The maximum atomic E-state index is 16.2. The van der Waals surface area contributed by atoms with Crippen molar-refractivity contribution in [1.29, 1.82) is 0 Å². The van der Waals surface area contributed by atoms with Crippen LogP contribution in [0.1, 0.15) is 229 Å². The fourth-order valence-corrected chi connectivity index (χ4v) is 12.7. The number of hydrogen-bond acceptors (Lipinski definition) is 1. The van der Waals surface area contributed by atoms with Crippen molar-refractivity contribution in [2.75, 3.05) is 0 Å². The average molecular weight is 795 g/mol. The van der Waals surface area contributed by atoms with Crippen LogP contribution < -0.4 is 0 Å². The van der Waals surface area contributed by atoms with Gasteiger partial charge in [-0.05, 0) is 86.2 Å². The molecule has 0 heterocycles. The summed E-state index contributed by atoms with van der Waals surface area (Å²) in [5.41, 5.74) is 0.791. The molecule has 0 unspecified atom stereocenters. The Hall–Kier alpha value is -1.88. The second-order valence-electron chi connectivity index (χ2n) is 19.6. The Morgan fingerprint density at radius 2 is 0.825 bits per heavy atom. The molecule has 2 aromatic rings. The Labute approximate surface area is 345 Å². The summed E-state index contributed by atoms with van der Waals surface area (Å²) < 4.78 is 70.2. The van der Waals surface area contributed by atoms with Crippen LogP contribution in [0.4, 0.5) is 17.6 Å². The monoisotopic (exact) mass is 795 g/mol. The largest absolute Gasteiger partial charge is 0.372 e. The standard InChI is InChI=1S/C52H78F4O/c1-3-5-7-9-13-19-39-21-27-43(28-22-39)51(33-15-11-16-34-51)45-31-25-41(47(53)49(45)55)37-57-38-42-26-32-46(50(56)48(42)54)52(35-17-12-18-36-52)44-29-23-40(24-30-44)20-14-10-8-6-4-2/h25-26,31-32,39-40,43-44H,3-24,27-30,33-38H2,1-2H3/t39-,40-,43-,44-. The van der Waals surface area contributed by atoms with Crippen LogP contribution in [-0.4, -0.2) is 0 Å². The van der Waals surface area contributed by atoms with Gasteiger partial charge in [0, 0.05) is 22.0 Å². The fourth-order valence-electron chi connectivity index (χ4n) is 12.7. The van der Waals surface area contributed by atoms with Crippen LogP contribution in [0.3, 0.4) is 0 Å². The number of ether oxygens (including phenoxy) is 1. The molecule has 0 N–H and O–H groups in total. The van der Waals surface area contributed by atoms with Gasteiger partial charge in [0.2, 0.25) is 0 Å². The van der Waals surface area contributed by atoms with Gasteiger partial charge in [-0.15, -0.1) is 0 Å². The molecule has 2 aromatic carbocycles. The highest BCUT2D eigenvalue weighted by Crippen LogP contribution is 2.54. The van der Waals surface area contributed by atoms with Gasteiger partial charge in [0.25, 0.3) is 0 Å². The number of unbranched alkanes of at least 4 members (excludes halogenated alkanes) is 8. The van der Waals surface area contributed by atoms with Crippen molar-refractivity contribution in [3.8, 4) is 0 Å². The molecule has 4 aliphatic rings. The lowest BCUT2D eigenvalue weighted by atomic mass is 9.57. The van der Waals surface area contributed by atoms with E-state index in [4.69, 9.17) is 4.74 Å². The summed E-state index contributed by atoms with van der Waals surface area (Å²) in [5, 5.41) is 0. The van der Waals surface area contributed by atoms with Gasteiger partial charge in [-0.25, -0.2) is 17.6 Å². The van der Waals surface area contributed by atoms with E-state index in [-0.39, 0.29) is 35.2 Å². The zero-order valence-electron chi connectivity index (χ0n) is 36.2. The Bertz CT molecular complexity index is 1380. The third-order valence-corrected chi connectivity index (χ3v) is 16.1. The summed E-state index contributed by atoms with van der Waals surface area (Å²) in [4.78, 5) is 0. The molecular weight excluding hydrogens is 717 g/mol. The summed E-state index contributed by atoms with van der Waals surface area (Å²) >= 11 is 0. The van der Waals surface area contributed by atoms with Gasteiger partial charge in [-0.3, -0.25) is 0 Å². The molecule has 0 spiro atoms. The van der Waals surface area contributed by atoms with Crippen LogP contribution in [0.2, 0.25) is 0 Å². The predicted octanol–water partition coefficient (Wildman–Crippen LogP) is 16.7. The summed E-state index contributed by atoms with van der Waals surface area (Å²) in [6, 6.07) is 7.06. The topological polar surface area (TPSA) is 9.23 Å². The molecule has 57 heavy (non-hydrogen) atoms. The van der Waals surface area contributed by atoms with E-state index in [2.05, 4.69) is 13.8 Å². The van der Waals surface area contributed by atoms with E-state index in [1.165, 1.54) is 103 Å². The molecule has 0 aliphatic heterocycles. The van der Waals surface area contributed by atoms with Crippen LogP contribution in [0.15, 0.2) is 24.3 Å². The van der Waals surface area contributed by atoms with Crippen molar-refractivity contribution < 1.29 is 22.3 Å². The zero-order chi connectivity index (χ0) is 40.1. The molecule has 0 bridgehead atoms. The zero-order valence-corrected chi connectivity index (χ0v) is 36.2. The maximum absolute atomic E-state index is 16.2. The number of rotatable bonds is 20. The quantitative estimate of drug-likeness (QED) is 0.0958. The highest BCUT2D eigenvalue weighted by molar-refractivity contribution is 5.35. The maximum Gasteiger partial charge on any atom is 0.164 e. The summed E-state index contributed by atoms with van der Waals surface area (Å²) in [6.45, 7) is 4.15. The van der Waals surface area contributed by atoms with Gasteiger partial charge < -0.3 is 4.74 Å². The third-order valence-electron chi connectivity index (χ3n) is 16.1. The van der Waals surface area contributed by atoms with E-state index in [0.717, 1.165) is 102 Å². The number of benzene rings is 2. The highest BCUT2D eigenvalue weighted by Gasteiger charge is 2.46. The molecule has 320 valence electrons. The molecule has 0 saturated heterocycles. The normalized spacial score (nSPS) is 25.1. The molecule has 6 rings (SSSR count). The number of halogens is 4. The van der Waals surface area contributed by atoms with Crippen LogP contribution in [-0.2, 0) is 28.8 Å². The van der Waals surface area contributed by atoms with Crippen LogP contribution in [0, 0.1) is 46.9 Å². The van der Waals surface area contributed by atoms with E-state index in [1.807, 2.05) is 12.1 Å². The minimum atomic E-state index is -0.842. The summed E-state index contributed by atoms with van der Waals surface area (Å²) in [7, 11) is 0. The van der Waals surface area contributed by atoms with Gasteiger partial charge in [-0.2, -0.15) is 0 Å². The Kier molecular flexibility index (Phi) is 17.3. The lowest BCUT2D eigenvalue weighted by Gasteiger charge is -2.47. The molecule has 4 aliphatic carbocycles. The first-order chi connectivity index (χ1) is 27.8. The molecular formula is C52H78F4O. The second-order valence-corrected chi connectivity index (χ2v) is 19.6. The minimum Gasteiger partial charge on any atom is -0.372 e. The fraction of sp³-hybridized carbons (Fsp3) is 0.769. The number of hydrogen-bond donors (Lipinski definition) is 0. The van der Waals surface area contributed by atoms with Crippen molar-refractivity contribution in [3.63, 3.8) is 0 Å². The van der Waals surface area contributed by atoms with E-state index in [1.54, 1.807) is 12.1 Å². The van der Waals surface area contributed by atoms with E-state index in [0.29, 0.717) is 23.0 Å². The lowest BCUT2D eigenvalue weighted by Crippen LogP contribution is -2.40.